The Hall–Kier alpha value is -3.56. The second-order valence-electron chi connectivity index (χ2n) is 8.80. The molecule has 0 saturated carbocycles. The summed E-state index contributed by atoms with van der Waals surface area (Å²) in [7, 11) is -3.78. The molecule has 0 bridgehead atoms. The third-order valence-electron chi connectivity index (χ3n) is 5.65. The Morgan fingerprint density at radius 1 is 0.972 bits per heavy atom. The number of ketones is 1. The maximum Gasteiger partial charge on any atom is 0.296 e. The molecule has 2 aromatic carbocycles. The summed E-state index contributed by atoms with van der Waals surface area (Å²) < 4.78 is 37.1. The van der Waals surface area contributed by atoms with Gasteiger partial charge in [-0.1, -0.05) is 17.7 Å². The third-order valence-corrected chi connectivity index (χ3v) is 6.98. The predicted molar refractivity (Wildman–Crippen MR) is 137 cm³/mol. The van der Waals surface area contributed by atoms with Crippen molar-refractivity contribution in [3.05, 3.63) is 77.1 Å². The highest BCUT2D eigenvalue weighted by molar-refractivity contribution is 7.86. The van der Waals surface area contributed by atoms with Crippen molar-refractivity contribution in [1.82, 2.24) is 14.6 Å². The monoisotopic (exact) mass is 507 g/mol. The van der Waals surface area contributed by atoms with Gasteiger partial charge in [-0.2, -0.15) is 13.5 Å². The minimum atomic E-state index is -3.78. The predicted octanol–water partition coefficient (Wildman–Crippen LogP) is 4.63. The summed E-state index contributed by atoms with van der Waals surface area (Å²) >= 11 is 0. The van der Waals surface area contributed by atoms with E-state index < -0.39 is 10.1 Å². The summed E-state index contributed by atoms with van der Waals surface area (Å²) in [5, 5.41) is 4.73. The molecule has 0 spiro atoms. The number of ether oxygens (including phenoxy) is 1. The Labute approximate surface area is 211 Å². The standard InChI is InChI=1S/C27H29N3O5S/c1-18-6-12-24(13-7-18)36(32,33)35-15-5-14-34-23-10-8-22(9-11-23)26-25(17-21(4)31)27-28-19(2)16-20(3)30(27)29-26/h6-13,16H,5,14-15,17H2,1-4H3. The number of Topliss-reactive ketones (excluding diaryl/α,β-unsaturated/α-hetero) is 1. The van der Waals surface area contributed by atoms with Crippen LogP contribution in [0.15, 0.2) is 59.5 Å². The molecule has 0 unspecified atom stereocenters. The number of nitrogens with zero attached hydrogens (tertiary/aromatic N) is 3. The number of aromatic nitrogens is 3. The summed E-state index contributed by atoms with van der Waals surface area (Å²) in [5.74, 6) is 0.681. The lowest BCUT2D eigenvalue weighted by molar-refractivity contribution is -0.116. The van der Waals surface area contributed by atoms with Gasteiger partial charge in [0.1, 0.15) is 11.5 Å². The summed E-state index contributed by atoms with van der Waals surface area (Å²) in [6.07, 6.45) is 0.658. The number of carbonyl (C=O) groups excluding carboxylic acids is 1. The van der Waals surface area contributed by atoms with E-state index in [9.17, 15) is 13.2 Å². The van der Waals surface area contributed by atoms with Crippen molar-refractivity contribution in [3.63, 3.8) is 0 Å². The average Bonchev–Trinajstić information content (AvgIpc) is 3.17. The smallest absolute Gasteiger partial charge is 0.296 e. The first-order valence-electron chi connectivity index (χ1n) is 11.7. The lowest BCUT2D eigenvalue weighted by Gasteiger charge is -2.08. The second kappa shape index (κ2) is 10.6. The third kappa shape index (κ3) is 5.80. The van der Waals surface area contributed by atoms with E-state index in [0.717, 1.165) is 28.1 Å². The maximum absolute atomic E-state index is 12.3. The zero-order valence-electron chi connectivity index (χ0n) is 20.8. The molecule has 4 aromatic rings. The van der Waals surface area contributed by atoms with Crippen LogP contribution in [0.4, 0.5) is 0 Å². The fourth-order valence-corrected chi connectivity index (χ4v) is 4.85. The van der Waals surface area contributed by atoms with Crippen LogP contribution in [-0.2, 0) is 25.5 Å². The Morgan fingerprint density at radius 3 is 2.33 bits per heavy atom. The van der Waals surface area contributed by atoms with Gasteiger partial charge in [0.25, 0.3) is 10.1 Å². The molecule has 36 heavy (non-hydrogen) atoms. The highest BCUT2D eigenvalue weighted by Crippen LogP contribution is 2.28. The van der Waals surface area contributed by atoms with Crippen LogP contribution in [0.3, 0.4) is 0 Å². The van der Waals surface area contributed by atoms with Gasteiger partial charge in [0.2, 0.25) is 0 Å². The number of aryl methyl sites for hydroxylation is 3. The summed E-state index contributed by atoms with van der Waals surface area (Å²) in [6.45, 7) is 7.66. The molecule has 4 rings (SSSR count). The first kappa shape index (κ1) is 25.5. The molecule has 0 saturated heterocycles. The summed E-state index contributed by atoms with van der Waals surface area (Å²) in [5.41, 5.74) is 5.86. The van der Waals surface area contributed by atoms with Gasteiger partial charge < -0.3 is 4.74 Å². The Kier molecular flexibility index (Phi) is 7.51. The van der Waals surface area contributed by atoms with E-state index >= 15 is 0 Å². The zero-order valence-corrected chi connectivity index (χ0v) is 21.6. The number of hydrogen-bond donors (Lipinski definition) is 0. The lowest BCUT2D eigenvalue weighted by atomic mass is 10.0. The molecule has 2 aromatic heterocycles. The minimum Gasteiger partial charge on any atom is -0.494 e. The molecule has 0 radical (unpaired) electrons. The number of benzene rings is 2. The topological polar surface area (TPSA) is 99.9 Å². The summed E-state index contributed by atoms with van der Waals surface area (Å²) in [6, 6.07) is 15.9. The molecular formula is C27H29N3O5S. The largest absolute Gasteiger partial charge is 0.494 e. The molecule has 0 aliphatic carbocycles. The van der Waals surface area contributed by atoms with E-state index in [1.807, 2.05) is 51.1 Å². The molecule has 8 nitrogen and oxygen atoms in total. The molecule has 9 heteroatoms. The van der Waals surface area contributed by atoms with E-state index in [-0.39, 0.29) is 23.7 Å². The van der Waals surface area contributed by atoms with Gasteiger partial charge in [0, 0.05) is 35.4 Å². The molecule has 0 N–H and O–H groups in total. The van der Waals surface area contributed by atoms with Crippen LogP contribution in [0, 0.1) is 20.8 Å². The van der Waals surface area contributed by atoms with E-state index in [2.05, 4.69) is 4.98 Å². The fourth-order valence-electron chi connectivity index (χ4n) is 3.91. The van der Waals surface area contributed by atoms with Crippen molar-refractivity contribution in [3.8, 4) is 17.0 Å². The van der Waals surface area contributed by atoms with Crippen LogP contribution in [0.25, 0.3) is 16.9 Å². The number of rotatable bonds is 10. The first-order chi connectivity index (χ1) is 17.1. The molecule has 0 aliphatic rings. The van der Waals surface area contributed by atoms with Crippen molar-refractivity contribution < 1.29 is 22.1 Å². The summed E-state index contributed by atoms with van der Waals surface area (Å²) in [4.78, 5) is 16.7. The van der Waals surface area contributed by atoms with Gasteiger partial charge in [0.05, 0.1) is 23.8 Å². The van der Waals surface area contributed by atoms with E-state index in [0.29, 0.717) is 30.1 Å². The van der Waals surface area contributed by atoms with Crippen molar-refractivity contribution >= 4 is 21.5 Å². The minimum absolute atomic E-state index is 0.0235. The van der Waals surface area contributed by atoms with Crippen molar-refractivity contribution in [1.29, 1.82) is 0 Å². The van der Waals surface area contributed by atoms with Crippen LogP contribution in [0.5, 0.6) is 5.75 Å². The van der Waals surface area contributed by atoms with Crippen molar-refractivity contribution in [2.24, 2.45) is 0 Å². The van der Waals surface area contributed by atoms with Crippen LogP contribution in [-0.4, -0.2) is 42.0 Å². The Balaban J connectivity index is 1.40. The Bertz CT molecular complexity index is 1490. The maximum atomic E-state index is 12.3. The van der Waals surface area contributed by atoms with Gasteiger partial charge in [-0.15, -0.1) is 0 Å². The quantitative estimate of drug-likeness (QED) is 0.228. The molecule has 2 heterocycles. The normalized spacial score (nSPS) is 11.7. The van der Waals surface area contributed by atoms with Gasteiger partial charge >= 0.3 is 0 Å². The van der Waals surface area contributed by atoms with Crippen LogP contribution < -0.4 is 4.74 Å². The van der Waals surface area contributed by atoms with E-state index in [4.69, 9.17) is 14.0 Å². The average molecular weight is 508 g/mol. The van der Waals surface area contributed by atoms with Crippen molar-refractivity contribution in [2.45, 2.75) is 45.4 Å². The molecule has 0 fully saturated rings. The highest BCUT2D eigenvalue weighted by atomic mass is 32.2. The van der Waals surface area contributed by atoms with Crippen molar-refractivity contribution in [2.75, 3.05) is 13.2 Å². The highest BCUT2D eigenvalue weighted by Gasteiger charge is 2.19. The molecule has 0 atom stereocenters. The van der Waals surface area contributed by atoms with Gasteiger partial charge in [-0.25, -0.2) is 9.50 Å². The molecule has 0 amide bonds. The first-order valence-corrected chi connectivity index (χ1v) is 13.1. The van der Waals surface area contributed by atoms with E-state index in [1.54, 1.807) is 23.6 Å². The van der Waals surface area contributed by atoms with Gasteiger partial charge in [-0.05, 0) is 70.2 Å². The molecule has 188 valence electrons. The molecular weight excluding hydrogens is 478 g/mol. The number of hydrogen-bond acceptors (Lipinski definition) is 7. The number of fused-ring (bicyclic) bond motifs is 1. The lowest BCUT2D eigenvalue weighted by Crippen LogP contribution is -2.10. The fraction of sp³-hybridized carbons (Fsp3) is 0.296. The van der Waals surface area contributed by atoms with E-state index in [1.165, 1.54) is 12.1 Å². The van der Waals surface area contributed by atoms with Crippen LogP contribution in [0.1, 0.15) is 35.9 Å². The van der Waals surface area contributed by atoms with Crippen LogP contribution >= 0.6 is 0 Å². The van der Waals surface area contributed by atoms with Gasteiger partial charge in [0.15, 0.2) is 5.65 Å². The molecule has 0 aliphatic heterocycles. The SMILES string of the molecule is CC(=O)Cc1c(-c2ccc(OCCCOS(=O)(=O)c3ccc(C)cc3)cc2)nn2c(C)cc(C)nc12. The number of carbonyl (C=O) groups is 1. The van der Waals surface area contributed by atoms with Gasteiger partial charge in [-0.3, -0.25) is 8.98 Å². The Morgan fingerprint density at radius 2 is 1.67 bits per heavy atom. The second-order valence-corrected chi connectivity index (χ2v) is 10.4. The zero-order chi connectivity index (χ0) is 25.9. The van der Waals surface area contributed by atoms with Crippen LogP contribution in [0.2, 0.25) is 0 Å².